The summed E-state index contributed by atoms with van der Waals surface area (Å²) >= 11 is 0. The molecule has 1 aromatic rings. The molecule has 0 saturated carbocycles. The van der Waals surface area contributed by atoms with Crippen LogP contribution in [0.3, 0.4) is 0 Å². The fourth-order valence-electron chi connectivity index (χ4n) is 1.57. The molecule has 0 aliphatic heterocycles. The summed E-state index contributed by atoms with van der Waals surface area (Å²) in [5.74, 6) is 4.23. The number of nitrogens with one attached hydrogen (secondary N) is 1. The second-order valence-electron chi connectivity index (χ2n) is 4.50. The van der Waals surface area contributed by atoms with Crippen LogP contribution in [0.4, 0.5) is 0 Å². The number of ether oxygens (including phenoxy) is 2. The zero-order chi connectivity index (χ0) is 13.6. The Balaban J connectivity index is 2.89. The lowest BCUT2D eigenvalue weighted by atomic mass is 10.1. The molecule has 0 aromatic heterocycles. The standard InChI is InChI=1S/C15H21NO2/c1-6-15(3,4)16-11-12-9-8-10-13(18-7-2)14(12)17-5/h1,8-10,16H,7,11H2,2-5H3. The highest BCUT2D eigenvalue weighted by Crippen LogP contribution is 2.31. The number of hydrogen-bond donors (Lipinski definition) is 1. The van der Waals surface area contributed by atoms with Gasteiger partial charge in [0.25, 0.3) is 0 Å². The van der Waals surface area contributed by atoms with Crippen LogP contribution in [0.1, 0.15) is 26.3 Å². The lowest BCUT2D eigenvalue weighted by Gasteiger charge is -2.21. The third-order valence-electron chi connectivity index (χ3n) is 2.65. The van der Waals surface area contributed by atoms with Crippen molar-refractivity contribution in [3.05, 3.63) is 23.8 Å². The highest BCUT2D eigenvalue weighted by molar-refractivity contribution is 5.46. The van der Waals surface area contributed by atoms with Gasteiger partial charge in [-0.15, -0.1) is 6.42 Å². The minimum Gasteiger partial charge on any atom is -0.493 e. The fraction of sp³-hybridized carbons (Fsp3) is 0.467. The van der Waals surface area contributed by atoms with Gasteiger partial charge >= 0.3 is 0 Å². The molecule has 3 heteroatoms. The molecule has 0 fully saturated rings. The minimum atomic E-state index is -0.341. The highest BCUT2D eigenvalue weighted by Gasteiger charge is 2.15. The molecular formula is C15H21NO2. The molecule has 0 bridgehead atoms. The predicted molar refractivity (Wildman–Crippen MR) is 73.9 cm³/mol. The van der Waals surface area contributed by atoms with E-state index < -0.39 is 0 Å². The Morgan fingerprint density at radius 3 is 2.67 bits per heavy atom. The average molecular weight is 247 g/mol. The Kier molecular flexibility index (Phi) is 5.06. The largest absolute Gasteiger partial charge is 0.493 e. The Labute approximate surface area is 109 Å². The van der Waals surface area contributed by atoms with E-state index in [9.17, 15) is 0 Å². The average Bonchev–Trinajstić information content (AvgIpc) is 2.37. The van der Waals surface area contributed by atoms with Gasteiger partial charge in [-0.05, 0) is 26.8 Å². The van der Waals surface area contributed by atoms with Crippen molar-refractivity contribution in [1.29, 1.82) is 0 Å². The van der Waals surface area contributed by atoms with Gasteiger partial charge in [0.15, 0.2) is 11.5 Å². The number of hydrogen-bond acceptors (Lipinski definition) is 3. The molecule has 1 N–H and O–H groups in total. The summed E-state index contributed by atoms with van der Waals surface area (Å²) < 4.78 is 10.9. The van der Waals surface area contributed by atoms with Crippen molar-refractivity contribution in [2.24, 2.45) is 0 Å². The number of methoxy groups -OCH3 is 1. The first-order chi connectivity index (χ1) is 8.54. The molecule has 1 aromatic carbocycles. The summed E-state index contributed by atoms with van der Waals surface area (Å²) in [6.45, 7) is 7.13. The number of benzene rings is 1. The minimum absolute atomic E-state index is 0.341. The highest BCUT2D eigenvalue weighted by atomic mass is 16.5. The summed E-state index contributed by atoms with van der Waals surface area (Å²) in [6.07, 6.45) is 5.45. The van der Waals surface area contributed by atoms with Gasteiger partial charge in [0.1, 0.15) is 0 Å². The number of terminal acetylenes is 1. The summed E-state index contributed by atoms with van der Waals surface area (Å²) in [7, 11) is 1.65. The van der Waals surface area contributed by atoms with Crippen LogP contribution in [0.5, 0.6) is 11.5 Å². The molecule has 98 valence electrons. The Morgan fingerprint density at radius 1 is 1.39 bits per heavy atom. The third kappa shape index (κ3) is 3.68. The third-order valence-corrected chi connectivity index (χ3v) is 2.65. The van der Waals surface area contributed by atoms with E-state index in [-0.39, 0.29) is 5.54 Å². The van der Waals surface area contributed by atoms with Crippen molar-refractivity contribution in [1.82, 2.24) is 5.32 Å². The van der Waals surface area contributed by atoms with Gasteiger partial charge in [-0.2, -0.15) is 0 Å². The first-order valence-corrected chi connectivity index (χ1v) is 6.05. The Morgan fingerprint density at radius 2 is 2.11 bits per heavy atom. The lowest BCUT2D eigenvalue weighted by molar-refractivity contribution is 0.308. The second-order valence-corrected chi connectivity index (χ2v) is 4.50. The molecule has 3 nitrogen and oxygen atoms in total. The van der Waals surface area contributed by atoms with Gasteiger partial charge in [-0.3, -0.25) is 5.32 Å². The molecule has 1 rings (SSSR count). The zero-order valence-electron chi connectivity index (χ0n) is 11.5. The molecule has 0 unspecified atom stereocenters. The van der Waals surface area contributed by atoms with Crippen LogP contribution in [-0.2, 0) is 6.54 Å². The van der Waals surface area contributed by atoms with Crippen LogP contribution in [0.25, 0.3) is 0 Å². The van der Waals surface area contributed by atoms with Crippen LogP contribution in [0.15, 0.2) is 18.2 Å². The summed E-state index contributed by atoms with van der Waals surface area (Å²) in [4.78, 5) is 0. The van der Waals surface area contributed by atoms with E-state index in [2.05, 4.69) is 11.2 Å². The van der Waals surface area contributed by atoms with Crippen LogP contribution >= 0.6 is 0 Å². The van der Waals surface area contributed by atoms with Crippen molar-refractivity contribution in [3.8, 4) is 23.8 Å². The molecule has 18 heavy (non-hydrogen) atoms. The SMILES string of the molecule is C#CC(C)(C)NCc1cccc(OCC)c1OC. The van der Waals surface area contributed by atoms with Crippen molar-refractivity contribution < 1.29 is 9.47 Å². The Hall–Kier alpha value is -1.66. The molecule has 0 saturated heterocycles. The maximum absolute atomic E-state index is 5.53. The first-order valence-electron chi connectivity index (χ1n) is 6.05. The monoisotopic (exact) mass is 247 g/mol. The van der Waals surface area contributed by atoms with Gasteiger partial charge in [-0.25, -0.2) is 0 Å². The Bertz CT molecular complexity index is 433. The predicted octanol–water partition coefficient (Wildman–Crippen LogP) is 2.60. The molecular weight excluding hydrogens is 226 g/mol. The zero-order valence-corrected chi connectivity index (χ0v) is 11.5. The fourth-order valence-corrected chi connectivity index (χ4v) is 1.57. The van der Waals surface area contributed by atoms with E-state index in [1.807, 2.05) is 39.0 Å². The van der Waals surface area contributed by atoms with Crippen molar-refractivity contribution in [2.75, 3.05) is 13.7 Å². The molecule has 0 heterocycles. The second kappa shape index (κ2) is 6.32. The van der Waals surface area contributed by atoms with Crippen molar-refractivity contribution in [2.45, 2.75) is 32.9 Å². The van der Waals surface area contributed by atoms with Crippen LogP contribution in [0, 0.1) is 12.3 Å². The summed E-state index contributed by atoms with van der Waals surface area (Å²) in [5, 5.41) is 3.30. The van der Waals surface area contributed by atoms with E-state index in [1.165, 1.54) is 0 Å². The van der Waals surface area contributed by atoms with Gasteiger partial charge in [-0.1, -0.05) is 18.1 Å². The normalized spacial score (nSPS) is 10.8. The van der Waals surface area contributed by atoms with Gasteiger partial charge in [0.2, 0.25) is 0 Å². The lowest BCUT2D eigenvalue weighted by Crippen LogP contribution is -2.37. The van der Waals surface area contributed by atoms with E-state index in [1.54, 1.807) is 7.11 Å². The molecule has 0 radical (unpaired) electrons. The van der Waals surface area contributed by atoms with Gasteiger partial charge in [0.05, 0.1) is 19.3 Å². The topological polar surface area (TPSA) is 30.5 Å². The molecule has 0 spiro atoms. The van der Waals surface area contributed by atoms with Crippen LogP contribution < -0.4 is 14.8 Å². The number of para-hydroxylation sites is 1. The maximum Gasteiger partial charge on any atom is 0.165 e. The van der Waals surface area contributed by atoms with Crippen molar-refractivity contribution in [3.63, 3.8) is 0 Å². The molecule has 0 amide bonds. The molecule has 0 aliphatic carbocycles. The maximum atomic E-state index is 5.53. The summed E-state index contributed by atoms with van der Waals surface area (Å²) in [5.41, 5.74) is 0.693. The quantitative estimate of drug-likeness (QED) is 0.784. The van der Waals surface area contributed by atoms with Crippen LogP contribution in [0.2, 0.25) is 0 Å². The van der Waals surface area contributed by atoms with E-state index in [4.69, 9.17) is 15.9 Å². The van der Waals surface area contributed by atoms with E-state index in [0.29, 0.717) is 13.2 Å². The smallest absolute Gasteiger partial charge is 0.165 e. The van der Waals surface area contributed by atoms with Gasteiger partial charge < -0.3 is 9.47 Å². The van der Waals surface area contributed by atoms with E-state index >= 15 is 0 Å². The van der Waals surface area contributed by atoms with Crippen molar-refractivity contribution >= 4 is 0 Å². The summed E-state index contributed by atoms with van der Waals surface area (Å²) in [6, 6.07) is 5.85. The van der Waals surface area contributed by atoms with E-state index in [0.717, 1.165) is 17.1 Å². The number of rotatable bonds is 6. The molecule has 0 atom stereocenters. The molecule has 0 aliphatic rings. The first kappa shape index (κ1) is 14.4. The van der Waals surface area contributed by atoms with Gasteiger partial charge in [0, 0.05) is 12.1 Å². The van der Waals surface area contributed by atoms with Crippen LogP contribution in [-0.4, -0.2) is 19.3 Å².